The van der Waals surface area contributed by atoms with Crippen molar-refractivity contribution in [2.75, 3.05) is 20.8 Å². The summed E-state index contributed by atoms with van der Waals surface area (Å²) in [7, 11) is 3.21. The Morgan fingerprint density at radius 3 is 2.71 bits per heavy atom. The lowest BCUT2D eigenvalue weighted by atomic mass is 9.92. The standard InChI is InChI=1S/C16H23NO4/c1-4-16(15(18)19)9-6-10-17(16)11-12-7-5-8-13(20-2)14(12)21-3/h5,7-8H,4,6,9-11H2,1-3H3,(H,18,19). The molecule has 2 rings (SSSR count). The fourth-order valence-electron chi connectivity index (χ4n) is 3.24. The summed E-state index contributed by atoms with van der Waals surface area (Å²) in [6.07, 6.45) is 2.21. The molecule has 1 aromatic rings. The summed E-state index contributed by atoms with van der Waals surface area (Å²) in [5.41, 5.74) is 0.200. The topological polar surface area (TPSA) is 59.0 Å². The van der Waals surface area contributed by atoms with Crippen LogP contribution in [0.25, 0.3) is 0 Å². The van der Waals surface area contributed by atoms with Crippen LogP contribution in [0, 0.1) is 0 Å². The molecule has 0 aliphatic carbocycles. The molecule has 1 heterocycles. The number of nitrogens with zero attached hydrogens (tertiary/aromatic N) is 1. The minimum Gasteiger partial charge on any atom is -0.493 e. The van der Waals surface area contributed by atoms with Gasteiger partial charge in [-0.15, -0.1) is 0 Å². The molecule has 21 heavy (non-hydrogen) atoms. The first-order valence-corrected chi connectivity index (χ1v) is 7.27. The summed E-state index contributed by atoms with van der Waals surface area (Å²) >= 11 is 0. The minimum absolute atomic E-state index is 0.556. The van der Waals surface area contributed by atoms with Gasteiger partial charge in [0, 0.05) is 12.1 Å². The highest BCUT2D eigenvalue weighted by Gasteiger charge is 2.46. The number of rotatable bonds is 6. The molecule has 1 saturated heterocycles. The molecule has 0 amide bonds. The molecule has 1 atom stereocenters. The van der Waals surface area contributed by atoms with Crippen molar-refractivity contribution in [3.63, 3.8) is 0 Å². The Morgan fingerprint density at radius 1 is 1.38 bits per heavy atom. The van der Waals surface area contributed by atoms with E-state index < -0.39 is 11.5 Å². The molecule has 1 aliphatic rings. The Balaban J connectivity index is 2.31. The highest BCUT2D eigenvalue weighted by atomic mass is 16.5. The number of carboxylic acid groups (broad SMARTS) is 1. The third-order valence-corrected chi connectivity index (χ3v) is 4.45. The highest BCUT2D eigenvalue weighted by Crippen LogP contribution is 2.37. The zero-order valence-corrected chi connectivity index (χ0v) is 12.9. The summed E-state index contributed by atoms with van der Waals surface area (Å²) in [6.45, 7) is 3.29. The Morgan fingerprint density at radius 2 is 2.14 bits per heavy atom. The van der Waals surface area contributed by atoms with Gasteiger partial charge in [-0.1, -0.05) is 19.1 Å². The van der Waals surface area contributed by atoms with E-state index in [0.29, 0.717) is 30.9 Å². The number of para-hydroxylation sites is 1. The number of benzene rings is 1. The van der Waals surface area contributed by atoms with Gasteiger partial charge in [0.1, 0.15) is 5.54 Å². The fourth-order valence-corrected chi connectivity index (χ4v) is 3.24. The maximum absolute atomic E-state index is 11.7. The molecular weight excluding hydrogens is 270 g/mol. The molecule has 1 fully saturated rings. The second-order valence-electron chi connectivity index (χ2n) is 5.37. The molecular formula is C16H23NO4. The van der Waals surface area contributed by atoms with Crippen LogP contribution in [0.3, 0.4) is 0 Å². The molecule has 0 aromatic heterocycles. The van der Waals surface area contributed by atoms with Gasteiger partial charge in [0.15, 0.2) is 11.5 Å². The number of likely N-dealkylation sites (tertiary alicyclic amines) is 1. The van der Waals surface area contributed by atoms with Crippen molar-refractivity contribution in [1.29, 1.82) is 0 Å². The van der Waals surface area contributed by atoms with Crippen LogP contribution in [0.4, 0.5) is 0 Å². The van der Waals surface area contributed by atoms with Crippen LogP contribution in [0.1, 0.15) is 31.7 Å². The van der Waals surface area contributed by atoms with E-state index in [2.05, 4.69) is 0 Å². The molecule has 5 heteroatoms. The number of carboxylic acids is 1. The monoisotopic (exact) mass is 293 g/mol. The summed E-state index contributed by atoms with van der Waals surface area (Å²) in [5.74, 6) is 0.623. The van der Waals surface area contributed by atoms with Gasteiger partial charge in [-0.25, -0.2) is 0 Å². The minimum atomic E-state index is -0.756. The van der Waals surface area contributed by atoms with E-state index in [-0.39, 0.29) is 0 Å². The van der Waals surface area contributed by atoms with Gasteiger partial charge in [-0.2, -0.15) is 0 Å². The summed E-state index contributed by atoms with van der Waals surface area (Å²) in [6, 6.07) is 5.71. The zero-order chi connectivity index (χ0) is 15.5. The van der Waals surface area contributed by atoms with E-state index in [4.69, 9.17) is 9.47 Å². The van der Waals surface area contributed by atoms with Gasteiger partial charge in [-0.05, 0) is 31.9 Å². The van der Waals surface area contributed by atoms with Crippen LogP contribution in [-0.4, -0.2) is 42.3 Å². The van der Waals surface area contributed by atoms with Crippen LogP contribution < -0.4 is 9.47 Å². The molecule has 1 unspecified atom stereocenters. The average molecular weight is 293 g/mol. The molecule has 1 aromatic carbocycles. The molecule has 0 spiro atoms. The van der Waals surface area contributed by atoms with Crippen molar-refractivity contribution >= 4 is 5.97 Å². The number of aliphatic carboxylic acids is 1. The highest BCUT2D eigenvalue weighted by molar-refractivity contribution is 5.79. The van der Waals surface area contributed by atoms with Gasteiger partial charge in [0.25, 0.3) is 0 Å². The van der Waals surface area contributed by atoms with Gasteiger partial charge in [-0.3, -0.25) is 9.69 Å². The molecule has 1 aliphatic heterocycles. The molecule has 116 valence electrons. The predicted octanol–water partition coefficient (Wildman–Crippen LogP) is 2.53. The van der Waals surface area contributed by atoms with E-state index >= 15 is 0 Å². The Labute approximate surface area is 125 Å². The largest absolute Gasteiger partial charge is 0.493 e. The van der Waals surface area contributed by atoms with E-state index in [9.17, 15) is 9.90 Å². The Kier molecular flexibility index (Phi) is 4.73. The van der Waals surface area contributed by atoms with Gasteiger partial charge in [0.2, 0.25) is 0 Å². The van der Waals surface area contributed by atoms with E-state index in [1.54, 1.807) is 14.2 Å². The van der Waals surface area contributed by atoms with Crippen molar-refractivity contribution in [3.05, 3.63) is 23.8 Å². The van der Waals surface area contributed by atoms with Crippen LogP contribution in [0.15, 0.2) is 18.2 Å². The second-order valence-corrected chi connectivity index (χ2v) is 5.37. The molecule has 0 bridgehead atoms. The number of carbonyl (C=O) groups is 1. The summed E-state index contributed by atoms with van der Waals surface area (Å²) in [5, 5.41) is 9.64. The van der Waals surface area contributed by atoms with E-state index in [1.165, 1.54) is 0 Å². The first-order chi connectivity index (χ1) is 10.1. The van der Waals surface area contributed by atoms with Gasteiger partial charge < -0.3 is 14.6 Å². The van der Waals surface area contributed by atoms with Crippen molar-refractivity contribution in [1.82, 2.24) is 4.90 Å². The smallest absolute Gasteiger partial charge is 0.324 e. The van der Waals surface area contributed by atoms with Crippen molar-refractivity contribution in [2.45, 2.75) is 38.3 Å². The molecule has 0 radical (unpaired) electrons. The molecule has 0 saturated carbocycles. The Hall–Kier alpha value is -1.75. The van der Waals surface area contributed by atoms with Crippen LogP contribution in [-0.2, 0) is 11.3 Å². The van der Waals surface area contributed by atoms with Crippen LogP contribution in [0.5, 0.6) is 11.5 Å². The first kappa shape index (κ1) is 15.6. The maximum Gasteiger partial charge on any atom is 0.324 e. The quantitative estimate of drug-likeness (QED) is 0.873. The first-order valence-electron chi connectivity index (χ1n) is 7.27. The predicted molar refractivity (Wildman–Crippen MR) is 79.8 cm³/mol. The Bertz CT molecular complexity index is 517. The number of hydrogen-bond acceptors (Lipinski definition) is 4. The number of ether oxygens (including phenoxy) is 2. The van der Waals surface area contributed by atoms with Crippen molar-refractivity contribution in [2.24, 2.45) is 0 Å². The molecule has 1 N–H and O–H groups in total. The van der Waals surface area contributed by atoms with Gasteiger partial charge >= 0.3 is 5.97 Å². The lowest BCUT2D eigenvalue weighted by Gasteiger charge is -2.34. The maximum atomic E-state index is 11.7. The summed E-state index contributed by atoms with van der Waals surface area (Å²) in [4.78, 5) is 13.8. The van der Waals surface area contributed by atoms with E-state index in [1.807, 2.05) is 30.0 Å². The SMILES string of the molecule is CCC1(C(=O)O)CCCN1Cc1cccc(OC)c1OC. The van der Waals surface area contributed by atoms with Gasteiger partial charge in [0.05, 0.1) is 14.2 Å². The molecule has 5 nitrogen and oxygen atoms in total. The fraction of sp³-hybridized carbons (Fsp3) is 0.562. The number of methoxy groups -OCH3 is 2. The van der Waals surface area contributed by atoms with E-state index in [0.717, 1.165) is 18.5 Å². The lowest BCUT2D eigenvalue weighted by Crippen LogP contribution is -2.49. The summed E-state index contributed by atoms with van der Waals surface area (Å²) < 4.78 is 10.7. The third-order valence-electron chi connectivity index (χ3n) is 4.45. The third kappa shape index (κ3) is 2.70. The zero-order valence-electron chi connectivity index (χ0n) is 12.9. The lowest BCUT2D eigenvalue weighted by molar-refractivity contribution is -0.150. The second kappa shape index (κ2) is 6.35. The average Bonchev–Trinajstić information content (AvgIpc) is 2.90. The normalized spacial score (nSPS) is 22.2. The van der Waals surface area contributed by atoms with Crippen LogP contribution >= 0.6 is 0 Å². The van der Waals surface area contributed by atoms with Crippen molar-refractivity contribution in [3.8, 4) is 11.5 Å². The van der Waals surface area contributed by atoms with Crippen molar-refractivity contribution < 1.29 is 19.4 Å². The van der Waals surface area contributed by atoms with Crippen LogP contribution in [0.2, 0.25) is 0 Å². The number of hydrogen-bond donors (Lipinski definition) is 1.